The quantitative estimate of drug-likeness (QED) is 0.713. The number of fused-ring (bicyclic) bond motifs is 1. The van der Waals surface area contributed by atoms with E-state index in [0.29, 0.717) is 53.0 Å². The minimum absolute atomic E-state index is 0.0535. The molecule has 1 atom stereocenters. The van der Waals surface area contributed by atoms with Crippen molar-refractivity contribution in [1.29, 1.82) is 5.26 Å². The fourth-order valence-electron chi connectivity index (χ4n) is 3.75. The number of nitriles is 1. The predicted octanol–water partition coefficient (Wildman–Crippen LogP) is 2.05. The van der Waals surface area contributed by atoms with Crippen LogP contribution in [-0.2, 0) is 11.3 Å². The van der Waals surface area contributed by atoms with E-state index in [1.807, 2.05) is 0 Å². The first-order valence-electron chi connectivity index (χ1n) is 9.52. The van der Waals surface area contributed by atoms with Crippen molar-refractivity contribution in [2.75, 3.05) is 35.0 Å². The number of rotatable bonds is 7. The smallest absolute Gasteiger partial charge is 0.258 e. The second kappa shape index (κ2) is 9.02. The van der Waals surface area contributed by atoms with Crippen LogP contribution in [0.3, 0.4) is 0 Å². The summed E-state index contributed by atoms with van der Waals surface area (Å²) >= 11 is 0. The number of nitrogens with two attached hydrogens (primary N) is 1. The maximum absolute atomic E-state index is 13.5. The van der Waals surface area contributed by atoms with Gasteiger partial charge in [0.05, 0.1) is 39.4 Å². The van der Waals surface area contributed by atoms with E-state index in [0.717, 1.165) is 0 Å². The zero-order chi connectivity index (χ0) is 22.7. The van der Waals surface area contributed by atoms with Crippen molar-refractivity contribution in [3.05, 3.63) is 56.8 Å². The number of allylic oxidation sites excluding steroid dienone is 1. The molecule has 0 fully saturated rings. The summed E-state index contributed by atoms with van der Waals surface area (Å²) in [6.07, 6.45) is 0. The van der Waals surface area contributed by atoms with Gasteiger partial charge in [-0.25, -0.2) is 0 Å². The molecule has 1 aliphatic rings. The van der Waals surface area contributed by atoms with E-state index >= 15 is 0 Å². The lowest BCUT2D eigenvalue weighted by Gasteiger charge is -2.28. The fraction of sp³-hybridized carbons (Fsp3) is 0.364. The van der Waals surface area contributed by atoms with E-state index in [2.05, 4.69) is 6.07 Å². The van der Waals surface area contributed by atoms with E-state index in [1.165, 1.54) is 21.3 Å². The van der Waals surface area contributed by atoms with Crippen molar-refractivity contribution < 1.29 is 23.7 Å². The van der Waals surface area contributed by atoms with Crippen LogP contribution in [0.25, 0.3) is 0 Å². The van der Waals surface area contributed by atoms with Crippen LogP contribution in [0.5, 0.6) is 23.0 Å². The van der Waals surface area contributed by atoms with Crippen LogP contribution < -0.4 is 30.2 Å². The number of ether oxygens (including phenoxy) is 5. The Balaban J connectivity index is 2.33. The maximum atomic E-state index is 13.5. The van der Waals surface area contributed by atoms with Crippen molar-refractivity contribution in [2.24, 2.45) is 5.73 Å². The van der Waals surface area contributed by atoms with Crippen molar-refractivity contribution in [1.82, 2.24) is 4.57 Å². The Morgan fingerprint density at radius 3 is 2.29 bits per heavy atom. The third-order valence-corrected chi connectivity index (χ3v) is 5.23. The molecule has 2 N–H and O–H groups in total. The standard InChI is InChI=1S/C22H25N3O6/c1-12-8-15-19(22(26)25(12)6-7-27-2)18(14(11-23)21(24)31-15)13-9-16(28-3)20(30-5)17(10-13)29-4/h8-10,18H,6-7,24H2,1-5H3/t18-/m0/s1. The molecule has 0 spiro atoms. The molecule has 0 saturated heterocycles. The predicted molar refractivity (Wildman–Crippen MR) is 113 cm³/mol. The average molecular weight is 427 g/mol. The Morgan fingerprint density at radius 1 is 1.13 bits per heavy atom. The van der Waals surface area contributed by atoms with Crippen LogP contribution >= 0.6 is 0 Å². The van der Waals surface area contributed by atoms with Gasteiger partial charge >= 0.3 is 0 Å². The van der Waals surface area contributed by atoms with Gasteiger partial charge in [0.2, 0.25) is 11.6 Å². The van der Waals surface area contributed by atoms with Crippen molar-refractivity contribution in [3.8, 4) is 29.1 Å². The zero-order valence-corrected chi connectivity index (χ0v) is 18.1. The zero-order valence-electron chi connectivity index (χ0n) is 18.1. The number of hydrogen-bond donors (Lipinski definition) is 1. The van der Waals surface area contributed by atoms with Crippen LogP contribution in [0.4, 0.5) is 0 Å². The lowest BCUT2D eigenvalue weighted by molar-refractivity contribution is 0.185. The Labute approximate surface area is 180 Å². The largest absolute Gasteiger partial charge is 0.493 e. The van der Waals surface area contributed by atoms with Gasteiger partial charge in [0, 0.05) is 25.4 Å². The summed E-state index contributed by atoms with van der Waals surface area (Å²) in [5.74, 6) is 0.677. The molecule has 0 aliphatic carbocycles. The van der Waals surface area contributed by atoms with Crippen molar-refractivity contribution >= 4 is 0 Å². The molecule has 3 rings (SSSR count). The van der Waals surface area contributed by atoms with Gasteiger partial charge < -0.3 is 34.0 Å². The summed E-state index contributed by atoms with van der Waals surface area (Å²) in [7, 11) is 6.06. The molecule has 1 aliphatic heterocycles. The first kappa shape index (κ1) is 22.1. The summed E-state index contributed by atoms with van der Waals surface area (Å²) in [5.41, 5.74) is 7.49. The van der Waals surface area contributed by atoms with Gasteiger partial charge in [-0.2, -0.15) is 5.26 Å². The van der Waals surface area contributed by atoms with Crippen molar-refractivity contribution in [2.45, 2.75) is 19.4 Å². The number of nitrogens with zero attached hydrogens (tertiary/aromatic N) is 2. The minimum atomic E-state index is -0.774. The lowest BCUT2D eigenvalue weighted by Crippen LogP contribution is -2.33. The Kier molecular flexibility index (Phi) is 6.42. The molecule has 164 valence electrons. The molecule has 0 bridgehead atoms. The van der Waals surface area contributed by atoms with Crippen LogP contribution in [0.15, 0.2) is 34.4 Å². The highest BCUT2D eigenvalue weighted by atomic mass is 16.5. The Hall–Kier alpha value is -3.64. The SMILES string of the molecule is COCCn1c(C)cc2c(c1=O)[C@@H](c1cc(OC)c(OC)c(OC)c1)C(C#N)=C(N)O2. The topological polar surface area (TPSA) is 118 Å². The third kappa shape index (κ3) is 3.78. The summed E-state index contributed by atoms with van der Waals surface area (Å²) in [6, 6.07) is 7.23. The first-order chi connectivity index (χ1) is 14.9. The molecule has 2 heterocycles. The molecule has 1 aromatic carbocycles. The molecule has 0 unspecified atom stereocenters. The summed E-state index contributed by atoms with van der Waals surface area (Å²) < 4.78 is 28.7. The first-order valence-corrected chi connectivity index (χ1v) is 9.52. The summed E-state index contributed by atoms with van der Waals surface area (Å²) in [5, 5.41) is 9.84. The molecule has 31 heavy (non-hydrogen) atoms. The lowest BCUT2D eigenvalue weighted by atomic mass is 9.83. The van der Waals surface area contributed by atoms with Crippen LogP contribution in [0.1, 0.15) is 22.7 Å². The van der Waals surface area contributed by atoms with E-state index in [1.54, 1.807) is 36.8 Å². The third-order valence-electron chi connectivity index (χ3n) is 5.23. The van der Waals surface area contributed by atoms with Gasteiger partial charge in [0.25, 0.3) is 5.56 Å². The summed E-state index contributed by atoms with van der Waals surface area (Å²) in [6.45, 7) is 2.52. The Morgan fingerprint density at radius 2 is 1.77 bits per heavy atom. The van der Waals surface area contributed by atoms with Gasteiger partial charge in [-0.1, -0.05) is 0 Å². The van der Waals surface area contributed by atoms with Gasteiger partial charge in [0.1, 0.15) is 17.4 Å². The molecular weight excluding hydrogens is 402 g/mol. The second-order valence-corrected chi connectivity index (χ2v) is 6.90. The Bertz CT molecular complexity index is 1100. The molecular formula is C22H25N3O6. The number of pyridine rings is 1. The molecule has 9 nitrogen and oxygen atoms in total. The molecule has 1 aromatic heterocycles. The maximum Gasteiger partial charge on any atom is 0.258 e. The van der Waals surface area contributed by atoms with Crippen molar-refractivity contribution in [3.63, 3.8) is 0 Å². The van der Waals surface area contributed by atoms with Crippen LogP contribution in [0, 0.1) is 18.3 Å². The van der Waals surface area contributed by atoms with E-state index in [-0.39, 0.29) is 17.0 Å². The molecule has 2 aromatic rings. The fourth-order valence-corrected chi connectivity index (χ4v) is 3.75. The van der Waals surface area contributed by atoms with Crippen LogP contribution in [0.2, 0.25) is 0 Å². The highest BCUT2D eigenvalue weighted by Crippen LogP contribution is 2.46. The molecule has 0 amide bonds. The normalized spacial score (nSPS) is 15.0. The molecule has 9 heteroatoms. The highest BCUT2D eigenvalue weighted by Gasteiger charge is 2.35. The second-order valence-electron chi connectivity index (χ2n) is 6.90. The van der Waals surface area contributed by atoms with Gasteiger partial charge in [-0.15, -0.1) is 0 Å². The number of methoxy groups -OCH3 is 4. The number of aryl methyl sites for hydroxylation is 1. The number of benzene rings is 1. The highest BCUT2D eigenvalue weighted by molar-refractivity contribution is 5.61. The van der Waals surface area contributed by atoms with Gasteiger partial charge in [0.15, 0.2) is 11.5 Å². The van der Waals surface area contributed by atoms with Gasteiger partial charge in [-0.3, -0.25) is 4.79 Å². The van der Waals surface area contributed by atoms with E-state index < -0.39 is 5.92 Å². The van der Waals surface area contributed by atoms with E-state index in [4.69, 9.17) is 29.4 Å². The van der Waals surface area contributed by atoms with E-state index in [9.17, 15) is 10.1 Å². The molecule has 0 radical (unpaired) electrons. The number of hydrogen-bond acceptors (Lipinski definition) is 8. The molecule has 0 saturated carbocycles. The number of aromatic nitrogens is 1. The monoisotopic (exact) mass is 427 g/mol. The van der Waals surface area contributed by atoms with Gasteiger partial charge in [-0.05, 0) is 24.6 Å². The van der Waals surface area contributed by atoms with Crippen LogP contribution in [-0.4, -0.2) is 39.6 Å². The summed E-state index contributed by atoms with van der Waals surface area (Å²) in [4.78, 5) is 13.5. The average Bonchev–Trinajstić information content (AvgIpc) is 2.76. The minimum Gasteiger partial charge on any atom is -0.493 e.